The van der Waals surface area contributed by atoms with E-state index in [9.17, 15) is 0 Å². The minimum atomic E-state index is 0.812. The van der Waals surface area contributed by atoms with Crippen LogP contribution in [0.25, 0.3) is 10.4 Å². The average Bonchev–Trinajstić information content (AvgIpc) is 3.08. The van der Waals surface area contributed by atoms with E-state index in [1.54, 1.807) is 18.4 Å². The molecule has 2 aromatic carbocycles. The number of rotatable bonds is 7. The van der Waals surface area contributed by atoms with E-state index in [-0.39, 0.29) is 0 Å². The highest BCUT2D eigenvalue weighted by Crippen LogP contribution is 2.28. The number of ether oxygens (including phenoxy) is 1. The molecule has 0 radical (unpaired) electrons. The largest absolute Gasteiger partial charge is 0.497 e. The molecule has 0 unspecified atom stereocenters. The summed E-state index contributed by atoms with van der Waals surface area (Å²) in [6.45, 7) is 3.89. The summed E-state index contributed by atoms with van der Waals surface area (Å²) in [6.07, 6.45) is 2.98. The Bertz CT molecular complexity index is 780. The maximum Gasteiger partial charge on any atom is 0.118 e. The Labute approximate surface area is 147 Å². The quantitative estimate of drug-likeness (QED) is 0.646. The zero-order valence-corrected chi connectivity index (χ0v) is 14.9. The molecule has 0 aliphatic carbocycles. The molecule has 0 aliphatic rings. The van der Waals surface area contributed by atoms with Crippen molar-refractivity contribution in [2.45, 2.75) is 19.9 Å². The van der Waals surface area contributed by atoms with Gasteiger partial charge < -0.3 is 10.1 Å². The lowest BCUT2D eigenvalue weighted by Gasteiger charge is -2.04. The molecule has 0 fully saturated rings. The number of aromatic nitrogens is 1. The SMILES string of the molecule is COc1ccc(CCNCc2ncc(-c3ccccc3C)s2)cc1. The van der Waals surface area contributed by atoms with Crippen molar-refractivity contribution >= 4 is 11.3 Å². The van der Waals surface area contributed by atoms with Gasteiger partial charge in [0.1, 0.15) is 10.8 Å². The van der Waals surface area contributed by atoms with Gasteiger partial charge in [-0.3, -0.25) is 0 Å². The van der Waals surface area contributed by atoms with Crippen molar-refractivity contribution in [1.82, 2.24) is 10.3 Å². The summed E-state index contributed by atoms with van der Waals surface area (Å²) in [5.41, 5.74) is 3.88. The molecule has 0 saturated heterocycles. The number of benzene rings is 2. The maximum atomic E-state index is 5.18. The van der Waals surface area contributed by atoms with Gasteiger partial charge in [0.25, 0.3) is 0 Å². The summed E-state index contributed by atoms with van der Waals surface area (Å²) in [6, 6.07) is 16.7. The first-order valence-corrected chi connectivity index (χ1v) is 8.92. The van der Waals surface area contributed by atoms with E-state index in [0.29, 0.717) is 0 Å². The monoisotopic (exact) mass is 338 g/mol. The topological polar surface area (TPSA) is 34.1 Å². The molecule has 3 rings (SSSR count). The smallest absolute Gasteiger partial charge is 0.118 e. The molecule has 3 nitrogen and oxygen atoms in total. The van der Waals surface area contributed by atoms with Crippen LogP contribution in [-0.4, -0.2) is 18.6 Å². The van der Waals surface area contributed by atoms with Gasteiger partial charge in [0.2, 0.25) is 0 Å². The van der Waals surface area contributed by atoms with Crippen LogP contribution in [0.2, 0.25) is 0 Å². The van der Waals surface area contributed by atoms with Gasteiger partial charge in [-0.25, -0.2) is 4.98 Å². The van der Waals surface area contributed by atoms with Gasteiger partial charge >= 0.3 is 0 Å². The molecule has 1 N–H and O–H groups in total. The number of hydrogen-bond donors (Lipinski definition) is 1. The second-order valence-electron chi connectivity index (χ2n) is 5.71. The Kier molecular flexibility index (Phi) is 5.62. The lowest BCUT2D eigenvalue weighted by atomic mass is 10.1. The Morgan fingerprint density at radius 2 is 1.88 bits per heavy atom. The first-order chi connectivity index (χ1) is 11.8. The standard InChI is InChI=1S/C20H22N2OS/c1-15-5-3-4-6-18(15)19-13-22-20(24-19)14-21-12-11-16-7-9-17(23-2)10-8-16/h3-10,13,21H,11-12,14H2,1-2H3. The molecule has 1 aromatic heterocycles. The molecule has 1 heterocycles. The Morgan fingerprint density at radius 1 is 1.08 bits per heavy atom. The fourth-order valence-corrected chi connectivity index (χ4v) is 3.56. The minimum Gasteiger partial charge on any atom is -0.497 e. The maximum absolute atomic E-state index is 5.18. The minimum absolute atomic E-state index is 0.812. The van der Waals surface area contributed by atoms with Crippen LogP contribution in [0, 0.1) is 6.92 Å². The number of methoxy groups -OCH3 is 1. The van der Waals surface area contributed by atoms with E-state index in [2.05, 4.69) is 53.6 Å². The van der Waals surface area contributed by atoms with E-state index < -0.39 is 0 Å². The first-order valence-electron chi connectivity index (χ1n) is 8.10. The second-order valence-corrected chi connectivity index (χ2v) is 6.82. The molecule has 0 spiro atoms. The average molecular weight is 338 g/mol. The van der Waals surface area contributed by atoms with Crippen molar-refractivity contribution in [3.63, 3.8) is 0 Å². The van der Waals surface area contributed by atoms with Crippen molar-refractivity contribution in [2.75, 3.05) is 13.7 Å². The van der Waals surface area contributed by atoms with E-state index in [4.69, 9.17) is 4.74 Å². The van der Waals surface area contributed by atoms with Crippen LogP contribution in [0.1, 0.15) is 16.1 Å². The van der Waals surface area contributed by atoms with E-state index in [1.807, 2.05) is 18.3 Å². The fourth-order valence-electron chi connectivity index (χ4n) is 2.59. The molecule has 0 saturated carbocycles. The number of hydrogen-bond acceptors (Lipinski definition) is 4. The third kappa shape index (κ3) is 4.22. The predicted molar refractivity (Wildman–Crippen MR) is 101 cm³/mol. The summed E-state index contributed by atoms with van der Waals surface area (Å²) in [5, 5.41) is 4.60. The van der Waals surface area contributed by atoms with Gasteiger partial charge in [-0.2, -0.15) is 0 Å². The summed E-state index contributed by atoms with van der Waals surface area (Å²) in [4.78, 5) is 5.78. The molecular formula is C20H22N2OS. The van der Waals surface area contributed by atoms with Crippen LogP contribution in [0.15, 0.2) is 54.7 Å². The van der Waals surface area contributed by atoms with Crippen LogP contribution < -0.4 is 10.1 Å². The molecule has 24 heavy (non-hydrogen) atoms. The van der Waals surface area contributed by atoms with Gasteiger partial charge in [0.05, 0.1) is 12.0 Å². The van der Waals surface area contributed by atoms with Crippen molar-refractivity contribution in [1.29, 1.82) is 0 Å². The lowest BCUT2D eigenvalue weighted by molar-refractivity contribution is 0.414. The van der Waals surface area contributed by atoms with Crippen molar-refractivity contribution in [2.24, 2.45) is 0 Å². The number of nitrogens with one attached hydrogen (secondary N) is 1. The summed E-state index contributed by atoms with van der Waals surface area (Å²) in [7, 11) is 1.69. The van der Waals surface area contributed by atoms with Gasteiger partial charge in [-0.1, -0.05) is 36.4 Å². The van der Waals surface area contributed by atoms with Crippen molar-refractivity contribution < 1.29 is 4.74 Å². The Balaban J connectivity index is 1.50. The van der Waals surface area contributed by atoms with Crippen molar-refractivity contribution in [3.8, 4) is 16.2 Å². The summed E-state index contributed by atoms with van der Waals surface area (Å²) >= 11 is 1.76. The highest BCUT2D eigenvalue weighted by Gasteiger charge is 2.06. The van der Waals surface area contributed by atoms with Gasteiger partial charge in [0, 0.05) is 12.7 Å². The molecule has 0 aliphatic heterocycles. The highest BCUT2D eigenvalue weighted by atomic mass is 32.1. The Morgan fingerprint density at radius 3 is 2.62 bits per heavy atom. The zero-order valence-electron chi connectivity index (χ0n) is 14.1. The number of aryl methyl sites for hydroxylation is 1. The van der Waals surface area contributed by atoms with Gasteiger partial charge in [-0.15, -0.1) is 11.3 Å². The molecule has 0 atom stereocenters. The highest BCUT2D eigenvalue weighted by molar-refractivity contribution is 7.15. The Hall–Kier alpha value is -2.17. The number of nitrogens with zero attached hydrogens (tertiary/aromatic N) is 1. The van der Waals surface area contributed by atoms with E-state index in [1.165, 1.54) is 21.6 Å². The lowest BCUT2D eigenvalue weighted by Crippen LogP contribution is -2.16. The molecule has 0 bridgehead atoms. The zero-order chi connectivity index (χ0) is 16.8. The van der Waals surface area contributed by atoms with Gasteiger partial charge in [0.15, 0.2) is 0 Å². The van der Waals surface area contributed by atoms with Crippen LogP contribution in [-0.2, 0) is 13.0 Å². The second kappa shape index (κ2) is 8.08. The normalized spacial score (nSPS) is 10.8. The summed E-state index contributed by atoms with van der Waals surface area (Å²) in [5.74, 6) is 0.901. The third-order valence-electron chi connectivity index (χ3n) is 3.99. The van der Waals surface area contributed by atoms with Crippen molar-refractivity contribution in [3.05, 3.63) is 70.9 Å². The first kappa shape index (κ1) is 16.7. The fraction of sp³-hybridized carbons (Fsp3) is 0.250. The molecule has 4 heteroatoms. The van der Waals surface area contributed by atoms with Crippen LogP contribution in [0.3, 0.4) is 0 Å². The van der Waals surface area contributed by atoms with Crippen LogP contribution >= 0.6 is 11.3 Å². The van der Waals surface area contributed by atoms with Gasteiger partial charge in [-0.05, 0) is 48.7 Å². The summed E-state index contributed by atoms with van der Waals surface area (Å²) < 4.78 is 5.18. The predicted octanol–water partition coefficient (Wildman–Crippen LogP) is 4.46. The van der Waals surface area contributed by atoms with E-state index in [0.717, 1.165) is 30.3 Å². The molecule has 124 valence electrons. The molecule has 3 aromatic rings. The molecule has 0 amide bonds. The third-order valence-corrected chi connectivity index (χ3v) is 5.02. The molecular weight excluding hydrogens is 316 g/mol. The van der Waals surface area contributed by atoms with E-state index >= 15 is 0 Å². The van der Waals surface area contributed by atoms with Crippen LogP contribution in [0.5, 0.6) is 5.75 Å². The number of thiazole rings is 1. The van der Waals surface area contributed by atoms with Crippen LogP contribution in [0.4, 0.5) is 0 Å².